The van der Waals surface area contributed by atoms with Crippen LogP contribution in [0.5, 0.6) is 0 Å². The molecular formula is C6H6N4O. The number of hydrogen-bond acceptors (Lipinski definition) is 2. The van der Waals surface area contributed by atoms with Crippen LogP contribution >= 0.6 is 0 Å². The number of H-pyrrole nitrogens is 2. The molecule has 0 bridgehead atoms. The normalized spacial score (nSPS) is 10.2. The molecule has 0 fully saturated rings. The van der Waals surface area contributed by atoms with Crippen molar-refractivity contribution in [2.24, 2.45) is 0 Å². The van der Waals surface area contributed by atoms with Crippen LogP contribution in [0.2, 0.25) is 0 Å². The summed E-state index contributed by atoms with van der Waals surface area (Å²) < 4.78 is 1.41. The Bertz CT molecular complexity index is 383. The molecule has 0 aromatic carbocycles. The molecule has 0 radical (unpaired) electrons. The van der Waals surface area contributed by atoms with Gasteiger partial charge in [-0.15, -0.1) is 0 Å². The van der Waals surface area contributed by atoms with Crippen molar-refractivity contribution in [2.45, 2.75) is 0 Å². The number of hydrogen-bond donors (Lipinski definition) is 2. The van der Waals surface area contributed by atoms with Crippen LogP contribution in [-0.2, 0) is 0 Å². The molecule has 0 atom stereocenters. The van der Waals surface area contributed by atoms with Crippen LogP contribution in [-0.4, -0.2) is 19.5 Å². The minimum absolute atomic E-state index is 0.183. The lowest BCUT2D eigenvalue weighted by atomic mass is 10.7. The standard InChI is InChI=1S/C6H6N4O/c11-6-8-1-2-10(6)5-3-7-4-9-5/h1-4H,(H,7,9)(H,8,11). The molecular weight excluding hydrogens is 144 g/mol. The summed E-state index contributed by atoms with van der Waals surface area (Å²) in [5.41, 5.74) is -0.183. The summed E-state index contributed by atoms with van der Waals surface area (Å²) in [6.45, 7) is 0. The second-order valence-electron chi connectivity index (χ2n) is 2.06. The van der Waals surface area contributed by atoms with E-state index >= 15 is 0 Å². The molecule has 2 aromatic rings. The molecule has 0 saturated carbocycles. The highest BCUT2D eigenvalue weighted by Gasteiger charge is 1.98. The zero-order valence-corrected chi connectivity index (χ0v) is 5.61. The van der Waals surface area contributed by atoms with Crippen molar-refractivity contribution in [1.29, 1.82) is 0 Å². The minimum atomic E-state index is -0.183. The molecule has 0 aliphatic carbocycles. The average molecular weight is 150 g/mol. The van der Waals surface area contributed by atoms with Gasteiger partial charge < -0.3 is 9.97 Å². The van der Waals surface area contributed by atoms with Gasteiger partial charge in [0.1, 0.15) is 0 Å². The van der Waals surface area contributed by atoms with Crippen LogP contribution in [0.25, 0.3) is 5.82 Å². The van der Waals surface area contributed by atoms with Crippen LogP contribution in [0.15, 0.2) is 29.7 Å². The summed E-state index contributed by atoms with van der Waals surface area (Å²) in [6.07, 6.45) is 6.36. The van der Waals surface area contributed by atoms with Crippen molar-refractivity contribution in [3.63, 3.8) is 0 Å². The number of nitrogens with one attached hydrogen (secondary N) is 2. The molecule has 0 aliphatic heterocycles. The Kier molecular flexibility index (Phi) is 1.15. The first kappa shape index (κ1) is 5.96. The van der Waals surface area contributed by atoms with E-state index in [-0.39, 0.29) is 5.69 Å². The molecule has 11 heavy (non-hydrogen) atoms. The van der Waals surface area contributed by atoms with Crippen molar-refractivity contribution in [2.75, 3.05) is 0 Å². The van der Waals surface area contributed by atoms with Crippen LogP contribution < -0.4 is 5.69 Å². The number of nitrogens with zero attached hydrogens (tertiary/aromatic N) is 2. The van der Waals surface area contributed by atoms with Gasteiger partial charge in [0.25, 0.3) is 0 Å². The van der Waals surface area contributed by atoms with Crippen LogP contribution in [0.3, 0.4) is 0 Å². The first-order chi connectivity index (χ1) is 5.38. The lowest BCUT2D eigenvalue weighted by Gasteiger charge is -1.89. The third-order valence-corrected chi connectivity index (χ3v) is 1.38. The van der Waals surface area contributed by atoms with E-state index in [1.807, 2.05) is 0 Å². The zero-order valence-electron chi connectivity index (χ0n) is 5.61. The zero-order chi connectivity index (χ0) is 7.68. The number of imidazole rings is 2. The van der Waals surface area contributed by atoms with Crippen LogP contribution in [0, 0.1) is 0 Å². The van der Waals surface area contributed by atoms with E-state index in [2.05, 4.69) is 15.0 Å². The monoisotopic (exact) mass is 150 g/mol. The lowest BCUT2D eigenvalue weighted by Crippen LogP contribution is -2.13. The fourth-order valence-corrected chi connectivity index (χ4v) is 0.885. The van der Waals surface area contributed by atoms with Gasteiger partial charge in [-0.2, -0.15) is 0 Å². The van der Waals surface area contributed by atoms with Crippen molar-refractivity contribution < 1.29 is 0 Å². The number of aromatic amines is 2. The van der Waals surface area contributed by atoms with Gasteiger partial charge in [-0.05, 0) is 0 Å². The summed E-state index contributed by atoms with van der Waals surface area (Å²) in [6, 6.07) is 0. The first-order valence-corrected chi connectivity index (χ1v) is 3.13. The van der Waals surface area contributed by atoms with E-state index in [0.717, 1.165) is 0 Å². The van der Waals surface area contributed by atoms with Gasteiger partial charge in [-0.3, -0.25) is 4.57 Å². The summed E-state index contributed by atoms with van der Waals surface area (Å²) in [5.74, 6) is 0.594. The second-order valence-corrected chi connectivity index (χ2v) is 2.06. The van der Waals surface area contributed by atoms with E-state index in [1.165, 1.54) is 10.9 Å². The lowest BCUT2D eigenvalue weighted by molar-refractivity contribution is 0.952. The van der Waals surface area contributed by atoms with Crippen molar-refractivity contribution >= 4 is 0 Å². The van der Waals surface area contributed by atoms with E-state index < -0.39 is 0 Å². The number of rotatable bonds is 1. The average Bonchev–Trinajstić information content (AvgIpc) is 2.55. The topological polar surface area (TPSA) is 66.5 Å². The molecule has 0 unspecified atom stereocenters. The Morgan fingerprint density at radius 1 is 1.55 bits per heavy atom. The first-order valence-electron chi connectivity index (χ1n) is 3.13. The molecule has 5 nitrogen and oxygen atoms in total. The Hall–Kier alpha value is -1.78. The van der Waals surface area contributed by atoms with Gasteiger partial charge in [0.05, 0.1) is 6.33 Å². The molecule has 0 amide bonds. The van der Waals surface area contributed by atoms with Gasteiger partial charge in [0.2, 0.25) is 0 Å². The smallest absolute Gasteiger partial charge is 0.331 e. The summed E-state index contributed by atoms with van der Waals surface area (Å²) >= 11 is 0. The second kappa shape index (κ2) is 2.12. The summed E-state index contributed by atoms with van der Waals surface area (Å²) in [5, 5.41) is 0. The van der Waals surface area contributed by atoms with E-state index in [4.69, 9.17) is 0 Å². The quantitative estimate of drug-likeness (QED) is 0.595. The maximum absolute atomic E-state index is 11.0. The molecule has 0 aliphatic rings. The van der Waals surface area contributed by atoms with Crippen LogP contribution in [0.4, 0.5) is 0 Å². The Morgan fingerprint density at radius 2 is 2.45 bits per heavy atom. The van der Waals surface area contributed by atoms with Gasteiger partial charge in [-0.1, -0.05) is 0 Å². The molecule has 2 aromatic heterocycles. The van der Waals surface area contributed by atoms with Gasteiger partial charge in [0, 0.05) is 18.6 Å². The fraction of sp³-hybridized carbons (Fsp3) is 0. The van der Waals surface area contributed by atoms with Gasteiger partial charge >= 0.3 is 5.69 Å². The van der Waals surface area contributed by atoms with E-state index in [9.17, 15) is 4.79 Å². The van der Waals surface area contributed by atoms with E-state index in [0.29, 0.717) is 5.82 Å². The molecule has 2 heterocycles. The minimum Gasteiger partial charge on any atom is -0.349 e. The molecule has 56 valence electrons. The fourth-order valence-electron chi connectivity index (χ4n) is 0.885. The predicted molar refractivity (Wildman–Crippen MR) is 38.5 cm³/mol. The van der Waals surface area contributed by atoms with Crippen molar-refractivity contribution in [3.05, 3.63) is 35.4 Å². The molecule has 2 rings (SSSR count). The predicted octanol–water partition coefficient (Wildman–Crippen LogP) is -0.111. The third-order valence-electron chi connectivity index (χ3n) is 1.38. The molecule has 2 N–H and O–H groups in total. The van der Waals surface area contributed by atoms with E-state index in [1.54, 1.807) is 18.6 Å². The maximum atomic E-state index is 11.0. The van der Waals surface area contributed by atoms with Gasteiger partial charge in [-0.25, -0.2) is 9.78 Å². The Balaban J connectivity index is 2.62. The van der Waals surface area contributed by atoms with Crippen molar-refractivity contribution in [1.82, 2.24) is 19.5 Å². The highest BCUT2D eigenvalue weighted by atomic mass is 16.1. The van der Waals surface area contributed by atoms with Crippen molar-refractivity contribution in [3.8, 4) is 5.82 Å². The highest BCUT2D eigenvalue weighted by Crippen LogP contribution is 1.94. The largest absolute Gasteiger partial charge is 0.349 e. The number of aromatic nitrogens is 4. The van der Waals surface area contributed by atoms with Gasteiger partial charge in [0.15, 0.2) is 5.82 Å². The molecule has 0 spiro atoms. The Labute approximate surface area is 61.7 Å². The summed E-state index contributed by atoms with van der Waals surface area (Å²) in [7, 11) is 0. The van der Waals surface area contributed by atoms with Crippen LogP contribution in [0.1, 0.15) is 0 Å². The SMILES string of the molecule is O=c1[nH]ccn1-c1c[nH]cn1. The summed E-state index contributed by atoms with van der Waals surface area (Å²) in [4.78, 5) is 20.1. The molecule has 5 heteroatoms. The maximum Gasteiger partial charge on any atom is 0.331 e. The molecule has 0 saturated heterocycles. The Morgan fingerprint density at radius 3 is 3.00 bits per heavy atom. The third kappa shape index (κ3) is 0.861. The highest BCUT2D eigenvalue weighted by molar-refractivity contribution is 5.16.